The predicted molar refractivity (Wildman–Crippen MR) is 134 cm³/mol. The molecule has 2 N–H and O–H groups in total. The number of nitrogens with zero attached hydrogens (tertiary/aromatic N) is 1. The van der Waals surface area contributed by atoms with E-state index in [9.17, 15) is 0 Å². The summed E-state index contributed by atoms with van der Waals surface area (Å²) >= 11 is 0. The van der Waals surface area contributed by atoms with Gasteiger partial charge in [-0.2, -0.15) is 0 Å². The third kappa shape index (κ3) is 10.2. The van der Waals surface area contributed by atoms with Crippen LogP contribution in [0.3, 0.4) is 0 Å². The lowest BCUT2D eigenvalue weighted by molar-refractivity contribution is 0.0264. The van der Waals surface area contributed by atoms with E-state index in [0.29, 0.717) is 12.6 Å². The second-order valence-electron chi connectivity index (χ2n) is 7.50. The Labute approximate surface area is 199 Å². The zero-order valence-electron chi connectivity index (χ0n) is 18.9. The highest BCUT2D eigenvalue weighted by Gasteiger charge is 2.12. The molecule has 0 atom stereocenters. The molecule has 7 heteroatoms. The molecule has 1 aromatic carbocycles. The molecule has 0 aliphatic heterocycles. The maximum atomic E-state index is 6.00. The zero-order chi connectivity index (χ0) is 20.7. The van der Waals surface area contributed by atoms with E-state index in [0.717, 1.165) is 55.6 Å². The van der Waals surface area contributed by atoms with Crippen molar-refractivity contribution in [2.45, 2.75) is 70.9 Å². The fourth-order valence-electron chi connectivity index (χ4n) is 3.58. The molecular weight excluding hydrogens is 493 g/mol. The Morgan fingerprint density at radius 1 is 1.00 bits per heavy atom. The van der Waals surface area contributed by atoms with Crippen LogP contribution in [0.1, 0.15) is 63.9 Å². The van der Waals surface area contributed by atoms with Gasteiger partial charge < -0.3 is 24.8 Å². The molecule has 30 heavy (non-hydrogen) atoms. The molecule has 2 rings (SSSR count). The summed E-state index contributed by atoms with van der Waals surface area (Å²) in [6, 6.07) is 5.90. The van der Waals surface area contributed by atoms with Crippen LogP contribution in [0, 0.1) is 0 Å². The van der Waals surface area contributed by atoms with E-state index in [4.69, 9.17) is 14.2 Å². The number of methoxy groups -OCH3 is 2. The van der Waals surface area contributed by atoms with Gasteiger partial charge in [0, 0.05) is 19.7 Å². The van der Waals surface area contributed by atoms with Crippen LogP contribution in [0.25, 0.3) is 0 Å². The molecule has 0 amide bonds. The quantitative estimate of drug-likeness (QED) is 0.173. The Bertz CT molecular complexity index is 607. The molecule has 1 saturated carbocycles. The molecule has 0 aromatic heterocycles. The Morgan fingerprint density at radius 3 is 2.47 bits per heavy atom. The van der Waals surface area contributed by atoms with Gasteiger partial charge in [-0.3, -0.25) is 0 Å². The molecule has 6 nitrogen and oxygen atoms in total. The maximum Gasteiger partial charge on any atom is 0.191 e. The van der Waals surface area contributed by atoms with Gasteiger partial charge in [-0.05, 0) is 56.7 Å². The number of aliphatic imine (C=N–C) groups is 1. The van der Waals surface area contributed by atoms with Crippen molar-refractivity contribution < 1.29 is 14.2 Å². The second kappa shape index (κ2) is 16.5. The number of hydrogen-bond donors (Lipinski definition) is 2. The molecule has 0 spiro atoms. The first-order chi connectivity index (χ1) is 14.3. The van der Waals surface area contributed by atoms with E-state index < -0.39 is 0 Å². The van der Waals surface area contributed by atoms with Gasteiger partial charge in [0.1, 0.15) is 0 Å². The van der Waals surface area contributed by atoms with Crippen molar-refractivity contribution in [2.75, 3.05) is 33.9 Å². The molecule has 0 radical (unpaired) electrons. The Balaban J connectivity index is 0.00000450. The predicted octanol–water partition coefficient (Wildman–Crippen LogP) is 4.90. The number of unbranched alkanes of at least 4 members (excludes halogenated alkanes) is 2. The number of guanidine groups is 1. The van der Waals surface area contributed by atoms with Gasteiger partial charge in [0.25, 0.3) is 0 Å². The fourth-order valence-corrected chi connectivity index (χ4v) is 3.58. The lowest BCUT2D eigenvalue weighted by atomic mass is 9.98. The van der Waals surface area contributed by atoms with E-state index in [1.165, 1.54) is 38.5 Å². The van der Waals surface area contributed by atoms with Crippen LogP contribution in [0.5, 0.6) is 11.5 Å². The molecule has 1 aromatic rings. The summed E-state index contributed by atoms with van der Waals surface area (Å²) < 4.78 is 16.7. The van der Waals surface area contributed by atoms with Crippen molar-refractivity contribution in [3.63, 3.8) is 0 Å². The normalized spacial score (nSPS) is 14.7. The van der Waals surface area contributed by atoms with E-state index in [1.807, 2.05) is 18.2 Å². The number of halogens is 1. The van der Waals surface area contributed by atoms with Crippen LogP contribution in [0.4, 0.5) is 0 Å². The Hall–Kier alpha value is -1.22. The number of rotatable bonds is 12. The topological polar surface area (TPSA) is 64.1 Å². The average molecular weight is 533 g/mol. The van der Waals surface area contributed by atoms with Crippen LogP contribution in [-0.2, 0) is 11.3 Å². The Morgan fingerprint density at radius 2 is 1.77 bits per heavy atom. The van der Waals surface area contributed by atoms with Gasteiger partial charge in [0.2, 0.25) is 0 Å². The molecule has 0 unspecified atom stereocenters. The molecule has 1 fully saturated rings. The largest absolute Gasteiger partial charge is 0.493 e. The second-order valence-corrected chi connectivity index (χ2v) is 7.50. The number of benzene rings is 1. The van der Waals surface area contributed by atoms with E-state index in [1.54, 1.807) is 14.2 Å². The van der Waals surface area contributed by atoms with Crippen molar-refractivity contribution in [1.82, 2.24) is 10.6 Å². The van der Waals surface area contributed by atoms with Crippen LogP contribution in [0.15, 0.2) is 23.2 Å². The third-order valence-corrected chi connectivity index (χ3v) is 5.23. The van der Waals surface area contributed by atoms with Crippen molar-refractivity contribution in [1.29, 1.82) is 0 Å². The van der Waals surface area contributed by atoms with E-state index >= 15 is 0 Å². The van der Waals surface area contributed by atoms with Crippen molar-refractivity contribution >= 4 is 29.9 Å². The average Bonchev–Trinajstić information content (AvgIpc) is 2.77. The SMILES string of the molecule is CCNC(=NCc1ccc(OC)c(OC)c1)NCCCCCOC1CCCCC1.I. The number of nitrogens with one attached hydrogen (secondary N) is 2. The summed E-state index contributed by atoms with van der Waals surface area (Å²) in [6.07, 6.45) is 10.5. The summed E-state index contributed by atoms with van der Waals surface area (Å²) in [5.41, 5.74) is 1.08. The zero-order valence-corrected chi connectivity index (χ0v) is 21.2. The van der Waals surface area contributed by atoms with Crippen molar-refractivity contribution in [3.8, 4) is 11.5 Å². The standard InChI is InChI=1S/C23H39N3O3.HI/c1-4-24-23(26-18-19-13-14-21(27-2)22(17-19)28-3)25-15-9-6-10-16-29-20-11-7-5-8-12-20;/h13-14,17,20H,4-12,15-16,18H2,1-3H3,(H2,24,25,26);1H. The van der Waals surface area contributed by atoms with Crippen molar-refractivity contribution in [2.24, 2.45) is 4.99 Å². The highest BCUT2D eigenvalue weighted by Crippen LogP contribution is 2.27. The summed E-state index contributed by atoms with van der Waals surface area (Å²) in [5, 5.41) is 6.73. The van der Waals surface area contributed by atoms with Gasteiger partial charge in [-0.25, -0.2) is 4.99 Å². The van der Waals surface area contributed by atoms with Gasteiger partial charge in [-0.15, -0.1) is 24.0 Å². The van der Waals surface area contributed by atoms with Gasteiger partial charge in [0.15, 0.2) is 17.5 Å². The fraction of sp³-hybridized carbons (Fsp3) is 0.696. The first kappa shape index (κ1) is 26.8. The lowest BCUT2D eigenvalue weighted by Crippen LogP contribution is -2.37. The maximum absolute atomic E-state index is 6.00. The first-order valence-electron chi connectivity index (χ1n) is 11.1. The van der Waals surface area contributed by atoms with E-state index in [2.05, 4.69) is 22.5 Å². The summed E-state index contributed by atoms with van der Waals surface area (Å²) in [5.74, 6) is 2.31. The smallest absolute Gasteiger partial charge is 0.191 e. The van der Waals surface area contributed by atoms with Gasteiger partial charge in [0.05, 0.1) is 26.9 Å². The molecule has 0 heterocycles. The highest BCUT2D eigenvalue weighted by atomic mass is 127. The molecule has 172 valence electrons. The molecule has 0 saturated heterocycles. The van der Waals surface area contributed by atoms with Crippen LogP contribution in [0.2, 0.25) is 0 Å². The minimum absolute atomic E-state index is 0. The van der Waals surface area contributed by atoms with E-state index in [-0.39, 0.29) is 24.0 Å². The molecule has 0 bridgehead atoms. The summed E-state index contributed by atoms with van der Waals surface area (Å²) in [6.45, 7) is 5.33. The van der Waals surface area contributed by atoms with Crippen molar-refractivity contribution in [3.05, 3.63) is 23.8 Å². The molecule has 1 aliphatic carbocycles. The van der Waals surface area contributed by atoms with Crippen LogP contribution in [-0.4, -0.2) is 46.0 Å². The minimum Gasteiger partial charge on any atom is -0.493 e. The highest BCUT2D eigenvalue weighted by molar-refractivity contribution is 14.0. The van der Waals surface area contributed by atoms with Crippen LogP contribution >= 0.6 is 24.0 Å². The Kier molecular flexibility index (Phi) is 14.7. The molecular formula is C23H40IN3O3. The van der Waals surface area contributed by atoms with Crippen LogP contribution < -0.4 is 20.1 Å². The minimum atomic E-state index is 0. The summed E-state index contributed by atoms with van der Waals surface area (Å²) in [7, 11) is 3.29. The summed E-state index contributed by atoms with van der Waals surface area (Å²) in [4.78, 5) is 4.68. The number of ether oxygens (including phenoxy) is 3. The monoisotopic (exact) mass is 533 g/mol. The lowest BCUT2D eigenvalue weighted by Gasteiger charge is -2.21. The van der Waals surface area contributed by atoms with Gasteiger partial charge >= 0.3 is 0 Å². The first-order valence-corrected chi connectivity index (χ1v) is 11.1. The third-order valence-electron chi connectivity index (χ3n) is 5.23. The van der Waals surface area contributed by atoms with Gasteiger partial charge in [-0.1, -0.05) is 25.3 Å². The number of hydrogen-bond acceptors (Lipinski definition) is 4. The molecule has 1 aliphatic rings.